The number of halogens is 5. The molecule has 0 bridgehead atoms. The van der Waals surface area contributed by atoms with E-state index in [9.17, 15) is 22.0 Å². The number of alkyl halides is 5. The second-order valence-corrected chi connectivity index (χ2v) is 2.64. The van der Waals surface area contributed by atoms with Gasteiger partial charge in [-0.3, -0.25) is 0 Å². The predicted molar refractivity (Wildman–Crippen MR) is 16.8 cm³/mol. The van der Waals surface area contributed by atoms with Crippen molar-refractivity contribution < 1.29 is 22.0 Å². The second-order valence-electron chi connectivity index (χ2n) is 1.39. The Balaban J connectivity index is 4.02. The maximum atomic E-state index is 11.2. The minimum atomic E-state index is -5.33. The molecule has 0 saturated heterocycles. The average molecular weight is 142 g/mol. The van der Waals surface area contributed by atoms with Crippen LogP contribution in [0.4, 0.5) is 22.0 Å². The van der Waals surface area contributed by atoms with Crippen LogP contribution in [0.25, 0.3) is 0 Å². The van der Waals surface area contributed by atoms with Gasteiger partial charge >= 0.3 is 59.2 Å². The van der Waals surface area contributed by atoms with Crippen molar-refractivity contribution in [3.8, 4) is 0 Å². The van der Waals surface area contributed by atoms with Crippen molar-refractivity contribution in [2.24, 2.45) is 0 Å². The standard InChI is InChI=1S/C2F5.Na/c3-1(4)2(5,6)7;. The summed E-state index contributed by atoms with van der Waals surface area (Å²) >= 11 is -1.17. The van der Waals surface area contributed by atoms with Crippen molar-refractivity contribution in [2.75, 3.05) is 0 Å². The van der Waals surface area contributed by atoms with Crippen LogP contribution in [-0.4, -0.2) is 37.3 Å². The van der Waals surface area contributed by atoms with Gasteiger partial charge in [0.05, 0.1) is 0 Å². The zero-order valence-corrected chi connectivity index (χ0v) is 5.89. The molecule has 0 aromatic carbocycles. The van der Waals surface area contributed by atoms with Gasteiger partial charge in [0, 0.05) is 0 Å². The Kier molecular flexibility index (Phi) is 2.29. The van der Waals surface area contributed by atoms with E-state index in [1.807, 2.05) is 0 Å². The summed E-state index contributed by atoms with van der Waals surface area (Å²) in [7, 11) is 0. The first-order valence-corrected chi connectivity index (χ1v) is 2.69. The summed E-state index contributed by atoms with van der Waals surface area (Å²) in [5, 5.41) is 0. The van der Waals surface area contributed by atoms with Gasteiger partial charge in [0.1, 0.15) is 0 Å². The zero-order valence-electron chi connectivity index (χ0n) is 3.89. The van der Waals surface area contributed by atoms with E-state index in [1.165, 1.54) is 0 Å². The molecule has 0 radical (unpaired) electrons. The molecule has 0 amide bonds. The molecule has 0 unspecified atom stereocenters. The van der Waals surface area contributed by atoms with E-state index in [-0.39, 0.29) is 0 Å². The first-order valence-electron chi connectivity index (χ1n) is 1.69. The molecule has 0 aliphatic heterocycles. The van der Waals surface area contributed by atoms with E-state index < -0.39 is 37.3 Å². The van der Waals surface area contributed by atoms with Gasteiger partial charge < -0.3 is 0 Å². The molecule has 8 heavy (non-hydrogen) atoms. The Morgan fingerprint density at radius 3 is 1.00 bits per heavy atom. The summed E-state index contributed by atoms with van der Waals surface area (Å²) in [6.07, 6.45) is -5.33. The fourth-order valence-electron chi connectivity index (χ4n) is 0. The third kappa shape index (κ3) is 2.28. The third-order valence-corrected chi connectivity index (χ3v) is 1.06. The van der Waals surface area contributed by atoms with Gasteiger partial charge in [-0.05, 0) is 0 Å². The minimum absolute atomic E-state index is 1.17. The summed E-state index contributed by atoms with van der Waals surface area (Å²) < 4.78 is 50.4. The Hall–Kier alpha value is 0.650. The molecule has 0 fully saturated rings. The fraction of sp³-hybridized carbons (Fsp3) is 1.00. The van der Waals surface area contributed by atoms with Crippen LogP contribution in [-0.2, 0) is 0 Å². The molecule has 6 heteroatoms. The van der Waals surface area contributed by atoms with E-state index in [2.05, 4.69) is 0 Å². The summed E-state index contributed by atoms with van der Waals surface area (Å²) in [5.74, 6) is 0. The van der Waals surface area contributed by atoms with Crippen LogP contribution in [0.3, 0.4) is 0 Å². The molecule has 0 aromatic heterocycles. The van der Waals surface area contributed by atoms with Crippen LogP contribution in [0.2, 0.25) is 0 Å². The van der Waals surface area contributed by atoms with E-state index in [0.29, 0.717) is 0 Å². The van der Waals surface area contributed by atoms with Gasteiger partial charge in [-0.2, -0.15) is 0 Å². The molecule has 0 aromatic rings. The molecule has 0 spiro atoms. The van der Waals surface area contributed by atoms with Crippen molar-refractivity contribution in [1.29, 1.82) is 0 Å². The Morgan fingerprint density at radius 2 is 1.00 bits per heavy atom. The van der Waals surface area contributed by atoms with Crippen LogP contribution >= 0.6 is 0 Å². The SMILES string of the molecule is FC(F)(F)[C](F)(F)[Na]. The van der Waals surface area contributed by atoms with Crippen LogP contribution in [0.1, 0.15) is 0 Å². The molecule has 0 rings (SSSR count). The van der Waals surface area contributed by atoms with E-state index in [1.54, 1.807) is 0 Å². The van der Waals surface area contributed by atoms with Crippen LogP contribution in [0.5, 0.6) is 0 Å². The molecular formula is C2F5Na. The van der Waals surface area contributed by atoms with Crippen molar-refractivity contribution >= 4 is 27.9 Å². The van der Waals surface area contributed by atoms with Gasteiger partial charge in [-0.25, -0.2) is 0 Å². The van der Waals surface area contributed by atoms with Gasteiger partial charge in [0.2, 0.25) is 0 Å². The van der Waals surface area contributed by atoms with Crippen LogP contribution < -0.4 is 0 Å². The van der Waals surface area contributed by atoms with Gasteiger partial charge in [-0.15, -0.1) is 0 Å². The number of hydrogen-bond donors (Lipinski definition) is 0. The molecule has 0 saturated carbocycles. The predicted octanol–water partition coefficient (Wildman–Crippen LogP) is 1.31. The van der Waals surface area contributed by atoms with Crippen molar-refractivity contribution in [2.45, 2.75) is 9.35 Å². The van der Waals surface area contributed by atoms with Crippen molar-refractivity contribution in [1.82, 2.24) is 0 Å². The van der Waals surface area contributed by atoms with Gasteiger partial charge in [0.15, 0.2) is 0 Å². The molecule has 0 aliphatic rings. The summed E-state index contributed by atoms with van der Waals surface area (Å²) in [6, 6.07) is 0. The zero-order chi connectivity index (χ0) is 7.00. The monoisotopic (exact) mass is 142 g/mol. The Morgan fingerprint density at radius 1 is 0.875 bits per heavy atom. The maximum absolute atomic E-state index is 11.2. The molecule has 0 N–H and O–H groups in total. The fourth-order valence-corrected chi connectivity index (χ4v) is 0. The second kappa shape index (κ2) is 2.11. The summed E-state index contributed by atoms with van der Waals surface area (Å²) in [5.41, 5.74) is 0. The third-order valence-electron chi connectivity index (χ3n) is 0.498. The number of rotatable bonds is 0. The molecular weight excluding hydrogens is 142 g/mol. The molecule has 44 valence electrons. The van der Waals surface area contributed by atoms with Gasteiger partial charge in [0.25, 0.3) is 0 Å². The van der Waals surface area contributed by atoms with E-state index in [4.69, 9.17) is 0 Å². The molecule has 0 aliphatic carbocycles. The molecule has 0 atom stereocenters. The van der Waals surface area contributed by atoms with Crippen molar-refractivity contribution in [3.63, 3.8) is 0 Å². The first-order chi connectivity index (χ1) is 3.25. The Bertz CT molecular complexity index is 65.4. The van der Waals surface area contributed by atoms with E-state index >= 15 is 0 Å². The van der Waals surface area contributed by atoms with Crippen LogP contribution in [0.15, 0.2) is 0 Å². The van der Waals surface area contributed by atoms with Crippen LogP contribution in [0, 0.1) is 0 Å². The summed E-state index contributed by atoms with van der Waals surface area (Å²) in [4.78, 5) is 0. The van der Waals surface area contributed by atoms with Gasteiger partial charge in [-0.1, -0.05) is 0 Å². The average Bonchev–Trinajstić information content (AvgIpc) is 1.25. The quantitative estimate of drug-likeness (QED) is 0.353. The molecule has 0 nitrogen and oxygen atoms in total. The topological polar surface area (TPSA) is 0 Å². The van der Waals surface area contributed by atoms with E-state index in [0.717, 1.165) is 0 Å². The first kappa shape index (κ1) is 8.65. The normalized spacial score (nSPS) is 14.4. The van der Waals surface area contributed by atoms with Crippen molar-refractivity contribution in [3.05, 3.63) is 0 Å². The number of hydrogen-bond acceptors (Lipinski definition) is 0. The Labute approximate surface area is 59.5 Å². The summed E-state index contributed by atoms with van der Waals surface area (Å²) in [6.45, 7) is 0. The molecule has 0 heterocycles.